The average molecular weight is 665 g/mol. The number of carbonyl (C=O) groups excluding carboxylic acids is 2. The van der Waals surface area contributed by atoms with E-state index in [-0.39, 0.29) is 34.3 Å². The highest BCUT2D eigenvalue weighted by Crippen LogP contribution is 2.38. The highest BCUT2D eigenvalue weighted by molar-refractivity contribution is 14.1. The minimum Gasteiger partial charge on any atom is -0.486 e. The number of halogens is 5. The van der Waals surface area contributed by atoms with Crippen LogP contribution in [0.15, 0.2) is 59.5 Å². The third-order valence-electron chi connectivity index (χ3n) is 4.83. The summed E-state index contributed by atoms with van der Waals surface area (Å²) in [6, 6.07) is 16.0. The van der Waals surface area contributed by atoms with Crippen LogP contribution in [-0.2, 0) is 17.9 Å². The summed E-state index contributed by atoms with van der Waals surface area (Å²) >= 11 is 28.0. The van der Waals surface area contributed by atoms with E-state index in [0.29, 0.717) is 26.3 Å². The second-order valence-electron chi connectivity index (χ2n) is 7.23. The van der Waals surface area contributed by atoms with Crippen LogP contribution >= 0.6 is 80.8 Å². The lowest BCUT2D eigenvalue weighted by atomic mass is 10.2. The molecule has 1 aliphatic rings. The Bertz CT molecular complexity index is 1290. The molecule has 0 radical (unpaired) electrons. The number of hydrogen-bond acceptors (Lipinski definition) is 4. The van der Waals surface area contributed by atoms with Crippen molar-refractivity contribution in [3.05, 3.63) is 99.9 Å². The van der Waals surface area contributed by atoms with Crippen molar-refractivity contribution in [3.63, 3.8) is 0 Å². The first kappa shape index (κ1) is 25.7. The van der Waals surface area contributed by atoms with Crippen molar-refractivity contribution < 1.29 is 14.3 Å². The predicted molar refractivity (Wildman–Crippen MR) is 148 cm³/mol. The molecule has 1 aliphatic heterocycles. The summed E-state index contributed by atoms with van der Waals surface area (Å²) in [6.07, 6.45) is 1.59. The topological polar surface area (TPSA) is 46.6 Å². The zero-order chi connectivity index (χ0) is 24.4. The Balaban J connectivity index is 1.50. The summed E-state index contributed by atoms with van der Waals surface area (Å²) in [5.41, 5.74) is 2.17. The van der Waals surface area contributed by atoms with Crippen molar-refractivity contribution >= 4 is 98.0 Å². The van der Waals surface area contributed by atoms with E-state index in [4.69, 9.17) is 51.1 Å². The van der Waals surface area contributed by atoms with E-state index in [2.05, 4.69) is 22.6 Å². The molecular weight excluding hydrogens is 651 g/mol. The number of thioether (sulfide) groups is 1. The quantitative estimate of drug-likeness (QED) is 0.195. The molecule has 0 aromatic heterocycles. The van der Waals surface area contributed by atoms with E-state index in [1.165, 1.54) is 4.90 Å². The van der Waals surface area contributed by atoms with E-state index < -0.39 is 0 Å². The van der Waals surface area contributed by atoms with Crippen molar-refractivity contribution in [1.29, 1.82) is 0 Å². The lowest BCUT2D eigenvalue weighted by Crippen LogP contribution is -2.27. The fraction of sp³-hybridized carbons (Fsp3) is 0.0833. The van der Waals surface area contributed by atoms with Crippen LogP contribution in [0.2, 0.25) is 20.1 Å². The van der Waals surface area contributed by atoms with Crippen LogP contribution in [0.1, 0.15) is 16.7 Å². The maximum absolute atomic E-state index is 12.8. The molecule has 0 unspecified atom stereocenters. The molecule has 0 spiro atoms. The third-order valence-corrected chi connectivity index (χ3v) is 7.61. The van der Waals surface area contributed by atoms with Crippen LogP contribution in [0.3, 0.4) is 0 Å². The van der Waals surface area contributed by atoms with Crippen LogP contribution in [0.5, 0.6) is 5.75 Å². The van der Waals surface area contributed by atoms with E-state index in [9.17, 15) is 9.59 Å². The van der Waals surface area contributed by atoms with E-state index in [1.807, 2.05) is 24.3 Å². The second-order valence-corrected chi connectivity index (χ2v) is 11.1. The molecular formula is C24H14Cl4INO3S. The molecule has 34 heavy (non-hydrogen) atoms. The normalized spacial score (nSPS) is 14.9. The number of benzene rings is 3. The van der Waals surface area contributed by atoms with Crippen LogP contribution in [0.25, 0.3) is 6.08 Å². The Morgan fingerprint density at radius 3 is 2.24 bits per heavy atom. The van der Waals surface area contributed by atoms with Gasteiger partial charge in [0, 0.05) is 19.2 Å². The Morgan fingerprint density at radius 1 is 0.912 bits per heavy atom. The Morgan fingerprint density at radius 2 is 1.59 bits per heavy atom. The fourth-order valence-corrected chi connectivity index (χ4v) is 5.42. The van der Waals surface area contributed by atoms with Crippen LogP contribution in [0, 0.1) is 3.57 Å². The van der Waals surface area contributed by atoms with Gasteiger partial charge in [-0.25, -0.2) is 0 Å². The summed E-state index contributed by atoms with van der Waals surface area (Å²) < 4.78 is 6.86. The van der Waals surface area contributed by atoms with Gasteiger partial charge in [-0.05, 0) is 88.0 Å². The van der Waals surface area contributed by atoms with E-state index in [1.54, 1.807) is 36.4 Å². The number of imide groups is 1. The van der Waals surface area contributed by atoms with Crippen LogP contribution < -0.4 is 4.74 Å². The van der Waals surface area contributed by atoms with Crippen molar-refractivity contribution in [1.82, 2.24) is 4.90 Å². The first-order valence-corrected chi connectivity index (χ1v) is 13.2. The minimum absolute atomic E-state index is 0.145. The maximum atomic E-state index is 12.8. The molecule has 0 saturated carbocycles. The third kappa shape index (κ3) is 6.04. The molecule has 1 heterocycles. The van der Waals surface area contributed by atoms with Gasteiger partial charge in [-0.2, -0.15) is 0 Å². The highest BCUT2D eigenvalue weighted by Gasteiger charge is 2.35. The summed E-state index contributed by atoms with van der Waals surface area (Å²) in [4.78, 5) is 26.8. The number of nitrogens with zero attached hydrogens (tertiary/aromatic N) is 1. The predicted octanol–water partition coefficient (Wildman–Crippen LogP) is 8.72. The zero-order valence-electron chi connectivity index (χ0n) is 17.2. The Hall–Kier alpha value is -1.42. The van der Waals surface area contributed by atoms with E-state index in [0.717, 1.165) is 26.5 Å². The number of ether oxygens (including phenoxy) is 1. The van der Waals surface area contributed by atoms with Crippen molar-refractivity contribution in [2.45, 2.75) is 13.2 Å². The SMILES string of the molecule is O=C1S/C(=C\c2cc(Cl)c(OCc3ccc(Cl)cc3Cl)c(Cl)c2)C(=O)N1Cc1ccc(I)cc1. The molecule has 0 aliphatic carbocycles. The summed E-state index contributed by atoms with van der Waals surface area (Å²) in [5, 5.41) is 1.20. The van der Waals surface area contributed by atoms with Gasteiger partial charge in [0.1, 0.15) is 6.61 Å². The number of rotatable bonds is 6. The van der Waals surface area contributed by atoms with E-state index >= 15 is 0 Å². The minimum atomic E-state index is -0.362. The number of amides is 2. The maximum Gasteiger partial charge on any atom is 0.293 e. The fourth-order valence-electron chi connectivity index (χ4n) is 3.15. The lowest BCUT2D eigenvalue weighted by Gasteiger charge is -2.13. The highest BCUT2D eigenvalue weighted by atomic mass is 127. The summed E-state index contributed by atoms with van der Waals surface area (Å²) in [7, 11) is 0. The molecule has 1 saturated heterocycles. The molecule has 174 valence electrons. The molecule has 4 nitrogen and oxygen atoms in total. The smallest absolute Gasteiger partial charge is 0.293 e. The molecule has 10 heteroatoms. The second kappa shape index (κ2) is 11.1. The molecule has 0 N–H and O–H groups in total. The van der Waals surface area contributed by atoms with Gasteiger partial charge in [-0.3, -0.25) is 14.5 Å². The van der Waals surface area contributed by atoms with Crippen LogP contribution in [-0.4, -0.2) is 16.0 Å². The van der Waals surface area contributed by atoms with Gasteiger partial charge < -0.3 is 4.74 Å². The monoisotopic (exact) mass is 663 g/mol. The standard InChI is InChI=1S/C24H14Cl4INO3S/c25-16-4-3-15(18(26)10-16)12-33-22-19(27)7-14(8-20(22)28)9-21-23(31)30(24(32)34-21)11-13-1-5-17(29)6-2-13/h1-10H,11-12H2/b21-9-. The molecule has 0 bridgehead atoms. The molecule has 4 rings (SSSR count). The first-order valence-electron chi connectivity index (χ1n) is 9.77. The van der Waals surface area contributed by atoms with Gasteiger partial charge in [0.15, 0.2) is 5.75 Å². The summed E-state index contributed by atoms with van der Waals surface area (Å²) in [5.74, 6) is -0.0724. The van der Waals surface area contributed by atoms with Gasteiger partial charge >= 0.3 is 0 Å². The van der Waals surface area contributed by atoms with Gasteiger partial charge in [-0.15, -0.1) is 0 Å². The molecule has 0 atom stereocenters. The largest absolute Gasteiger partial charge is 0.486 e. The van der Waals surface area contributed by atoms with Gasteiger partial charge in [0.05, 0.1) is 21.5 Å². The summed E-state index contributed by atoms with van der Waals surface area (Å²) in [6.45, 7) is 0.354. The van der Waals surface area contributed by atoms with Gasteiger partial charge in [-0.1, -0.05) is 64.6 Å². The van der Waals surface area contributed by atoms with Crippen molar-refractivity contribution in [2.75, 3.05) is 0 Å². The average Bonchev–Trinajstić information content (AvgIpc) is 3.03. The number of hydrogen-bond donors (Lipinski definition) is 0. The molecule has 3 aromatic carbocycles. The Labute approximate surface area is 234 Å². The molecule has 3 aromatic rings. The molecule has 1 fully saturated rings. The Kier molecular flexibility index (Phi) is 8.38. The van der Waals surface area contributed by atoms with Crippen LogP contribution in [0.4, 0.5) is 4.79 Å². The lowest BCUT2D eigenvalue weighted by molar-refractivity contribution is -0.123. The first-order chi connectivity index (χ1) is 16.2. The van der Waals surface area contributed by atoms with Gasteiger partial charge in [0.25, 0.3) is 11.1 Å². The van der Waals surface area contributed by atoms with Gasteiger partial charge in [0.2, 0.25) is 0 Å². The number of carbonyl (C=O) groups is 2. The zero-order valence-corrected chi connectivity index (χ0v) is 23.2. The molecule has 2 amide bonds. The van der Waals surface area contributed by atoms with Crippen molar-refractivity contribution in [3.8, 4) is 5.75 Å². The van der Waals surface area contributed by atoms with Crippen molar-refractivity contribution in [2.24, 2.45) is 0 Å².